The summed E-state index contributed by atoms with van der Waals surface area (Å²) in [7, 11) is 0. The van der Waals surface area contributed by atoms with Gasteiger partial charge in [-0.05, 0) is 73.7 Å². The molecule has 0 radical (unpaired) electrons. The van der Waals surface area contributed by atoms with Crippen molar-refractivity contribution < 1.29 is 23.8 Å². The molecular formula is C31H32N2O5. The second-order valence-corrected chi connectivity index (χ2v) is 9.40. The number of carbonyl (C=O) groups is 2. The van der Waals surface area contributed by atoms with Crippen molar-refractivity contribution in [3.63, 3.8) is 0 Å². The molecule has 7 nitrogen and oxygen atoms in total. The van der Waals surface area contributed by atoms with E-state index in [0.29, 0.717) is 43.1 Å². The third-order valence-electron chi connectivity index (χ3n) is 6.83. The van der Waals surface area contributed by atoms with Crippen molar-refractivity contribution in [2.24, 2.45) is 0 Å². The Kier molecular flexibility index (Phi) is 7.36. The third kappa shape index (κ3) is 5.23. The average molecular weight is 513 g/mol. The summed E-state index contributed by atoms with van der Waals surface area (Å²) < 4.78 is 16.7. The van der Waals surface area contributed by atoms with E-state index < -0.39 is 12.0 Å². The summed E-state index contributed by atoms with van der Waals surface area (Å²) in [5, 5.41) is 7.16. The SMILES string of the molecule is CCOc1ccc(C2CC(=O)C3=C(C2)Nc2ccccc2NC3c2ccc(OC(C)=O)c(OCC)c2)cc1. The highest BCUT2D eigenvalue weighted by Crippen LogP contribution is 2.45. The number of rotatable bonds is 7. The Bertz CT molecular complexity index is 1380. The molecular weight excluding hydrogens is 480 g/mol. The van der Waals surface area contributed by atoms with Crippen LogP contribution < -0.4 is 24.8 Å². The largest absolute Gasteiger partial charge is 0.494 e. The Balaban J connectivity index is 1.55. The number of ether oxygens (including phenoxy) is 3. The predicted molar refractivity (Wildman–Crippen MR) is 147 cm³/mol. The number of ketones is 1. The van der Waals surface area contributed by atoms with Crippen molar-refractivity contribution in [2.75, 3.05) is 23.8 Å². The molecule has 1 heterocycles. The first kappa shape index (κ1) is 25.4. The fourth-order valence-electron chi connectivity index (χ4n) is 5.19. The summed E-state index contributed by atoms with van der Waals surface area (Å²) in [5.74, 6) is 1.37. The van der Waals surface area contributed by atoms with Crippen LogP contribution in [0.3, 0.4) is 0 Å². The molecule has 0 amide bonds. The van der Waals surface area contributed by atoms with E-state index in [2.05, 4.69) is 22.8 Å². The first-order valence-electron chi connectivity index (χ1n) is 13.0. The van der Waals surface area contributed by atoms with Crippen LogP contribution in [-0.4, -0.2) is 25.0 Å². The van der Waals surface area contributed by atoms with Crippen LogP contribution in [0.25, 0.3) is 0 Å². The van der Waals surface area contributed by atoms with E-state index in [0.717, 1.165) is 33.9 Å². The molecule has 2 N–H and O–H groups in total. The van der Waals surface area contributed by atoms with E-state index in [1.165, 1.54) is 6.92 Å². The van der Waals surface area contributed by atoms with Gasteiger partial charge in [-0.15, -0.1) is 0 Å². The van der Waals surface area contributed by atoms with Crippen LogP contribution in [0, 0.1) is 0 Å². The molecule has 1 aliphatic carbocycles. The minimum absolute atomic E-state index is 0.0562. The van der Waals surface area contributed by atoms with E-state index in [4.69, 9.17) is 14.2 Å². The Labute approximate surface area is 222 Å². The Morgan fingerprint density at radius 1 is 0.868 bits per heavy atom. The van der Waals surface area contributed by atoms with Crippen LogP contribution >= 0.6 is 0 Å². The van der Waals surface area contributed by atoms with Crippen molar-refractivity contribution >= 4 is 23.1 Å². The Morgan fingerprint density at radius 3 is 2.29 bits per heavy atom. The van der Waals surface area contributed by atoms with Gasteiger partial charge in [-0.25, -0.2) is 0 Å². The lowest BCUT2D eigenvalue weighted by Crippen LogP contribution is -2.27. The molecule has 0 saturated carbocycles. The molecule has 5 rings (SSSR count). The number of benzene rings is 3. The molecule has 3 aromatic carbocycles. The maximum Gasteiger partial charge on any atom is 0.308 e. The van der Waals surface area contributed by atoms with Crippen molar-refractivity contribution in [3.8, 4) is 17.2 Å². The maximum atomic E-state index is 13.8. The number of Topliss-reactive ketones (excluding diaryl/α,β-unsaturated/α-hetero) is 1. The highest BCUT2D eigenvalue weighted by Gasteiger charge is 2.36. The van der Waals surface area contributed by atoms with Crippen molar-refractivity contribution in [3.05, 3.63) is 89.1 Å². The molecule has 2 unspecified atom stereocenters. The van der Waals surface area contributed by atoms with Gasteiger partial charge in [0, 0.05) is 24.6 Å². The second kappa shape index (κ2) is 11.0. The number of anilines is 2. The van der Waals surface area contributed by atoms with E-state index in [9.17, 15) is 9.59 Å². The van der Waals surface area contributed by atoms with Crippen molar-refractivity contribution in [1.82, 2.24) is 0 Å². The summed E-state index contributed by atoms with van der Waals surface area (Å²) in [6.07, 6.45) is 1.11. The van der Waals surface area contributed by atoms with Gasteiger partial charge >= 0.3 is 5.97 Å². The van der Waals surface area contributed by atoms with Crippen LogP contribution in [0.5, 0.6) is 17.2 Å². The predicted octanol–water partition coefficient (Wildman–Crippen LogP) is 6.39. The lowest BCUT2D eigenvalue weighted by Gasteiger charge is -2.30. The average Bonchev–Trinajstić information content (AvgIpc) is 3.07. The topological polar surface area (TPSA) is 85.9 Å². The van der Waals surface area contributed by atoms with Gasteiger partial charge in [0.25, 0.3) is 0 Å². The summed E-state index contributed by atoms with van der Waals surface area (Å²) in [4.78, 5) is 25.4. The van der Waals surface area contributed by atoms with Gasteiger partial charge in [0.1, 0.15) is 5.75 Å². The van der Waals surface area contributed by atoms with Crippen LogP contribution in [0.1, 0.15) is 56.7 Å². The number of fused-ring (bicyclic) bond motifs is 1. The maximum absolute atomic E-state index is 13.8. The Hall–Kier alpha value is -4.26. The molecule has 38 heavy (non-hydrogen) atoms. The zero-order valence-electron chi connectivity index (χ0n) is 21.9. The van der Waals surface area contributed by atoms with Crippen molar-refractivity contribution in [1.29, 1.82) is 0 Å². The van der Waals surface area contributed by atoms with Crippen LogP contribution in [0.2, 0.25) is 0 Å². The van der Waals surface area contributed by atoms with E-state index >= 15 is 0 Å². The molecule has 2 atom stereocenters. The molecule has 0 bridgehead atoms. The highest BCUT2D eigenvalue weighted by molar-refractivity contribution is 6.01. The molecule has 0 saturated heterocycles. The smallest absolute Gasteiger partial charge is 0.308 e. The zero-order chi connectivity index (χ0) is 26.6. The van der Waals surface area contributed by atoms with Gasteiger partial charge in [-0.3, -0.25) is 9.59 Å². The zero-order valence-corrected chi connectivity index (χ0v) is 21.9. The summed E-state index contributed by atoms with van der Waals surface area (Å²) >= 11 is 0. The first-order valence-corrected chi connectivity index (χ1v) is 13.0. The normalized spacial score (nSPS) is 18.3. The standard InChI is InChI=1S/C31H32N2O5/c1-4-36-23-13-10-20(11-14-23)22-16-26-30(27(35)17-22)31(33-25-9-7-6-8-24(25)32-26)21-12-15-28(38-19(3)34)29(18-21)37-5-2/h6-15,18,22,31-33H,4-5,16-17H2,1-3H3. The summed E-state index contributed by atoms with van der Waals surface area (Å²) in [5.41, 5.74) is 5.41. The van der Waals surface area contributed by atoms with Crippen LogP contribution in [0.4, 0.5) is 11.4 Å². The number of esters is 1. The summed E-state index contributed by atoms with van der Waals surface area (Å²) in [6, 6.07) is 21.0. The van der Waals surface area contributed by atoms with E-state index in [1.807, 2.05) is 62.4 Å². The quantitative estimate of drug-likeness (QED) is 0.280. The van der Waals surface area contributed by atoms with Gasteiger partial charge in [-0.2, -0.15) is 0 Å². The Morgan fingerprint density at radius 2 is 1.58 bits per heavy atom. The molecule has 7 heteroatoms. The van der Waals surface area contributed by atoms with E-state index in [1.54, 1.807) is 6.07 Å². The fourth-order valence-corrected chi connectivity index (χ4v) is 5.19. The molecule has 196 valence electrons. The number of hydrogen-bond acceptors (Lipinski definition) is 7. The van der Waals surface area contributed by atoms with Gasteiger partial charge < -0.3 is 24.8 Å². The van der Waals surface area contributed by atoms with Crippen LogP contribution in [-0.2, 0) is 9.59 Å². The molecule has 0 spiro atoms. The minimum atomic E-state index is -0.419. The lowest BCUT2D eigenvalue weighted by molar-refractivity contribution is -0.132. The monoisotopic (exact) mass is 512 g/mol. The summed E-state index contributed by atoms with van der Waals surface area (Å²) in [6.45, 7) is 6.22. The number of hydrogen-bond donors (Lipinski definition) is 2. The number of nitrogens with one attached hydrogen (secondary N) is 2. The molecule has 1 aliphatic heterocycles. The first-order chi connectivity index (χ1) is 18.5. The lowest BCUT2D eigenvalue weighted by atomic mass is 9.78. The second-order valence-electron chi connectivity index (χ2n) is 9.40. The van der Waals surface area contributed by atoms with Gasteiger partial charge in [0.05, 0.1) is 30.6 Å². The van der Waals surface area contributed by atoms with Crippen molar-refractivity contribution in [2.45, 2.75) is 45.6 Å². The highest BCUT2D eigenvalue weighted by atomic mass is 16.6. The molecule has 0 aromatic heterocycles. The van der Waals surface area contributed by atoms with Gasteiger partial charge in [0.15, 0.2) is 17.3 Å². The van der Waals surface area contributed by atoms with Gasteiger partial charge in [0.2, 0.25) is 0 Å². The van der Waals surface area contributed by atoms with E-state index in [-0.39, 0.29) is 11.7 Å². The third-order valence-corrected chi connectivity index (χ3v) is 6.83. The molecule has 0 fully saturated rings. The molecule has 2 aliphatic rings. The minimum Gasteiger partial charge on any atom is -0.494 e. The molecule has 3 aromatic rings. The van der Waals surface area contributed by atoms with Gasteiger partial charge in [-0.1, -0.05) is 30.3 Å². The fraction of sp³-hybridized carbons (Fsp3) is 0.290. The van der Waals surface area contributed by atoms with Crippen LogP contribution in [0.15, 0.2) is 78.0 Å². The number of para-hydroxylation sites is 2. The number of carbonyl (C=O) groups excluding carboxylic acids is 2. The number of allylic oxidation sites excluding steroid dienone is 1.